The summed E-state index contributed by atoms with van der Waals surface area (Å²) in [5, 5.41) is 15.9. The summed E-state index contributed by atoms with van der Waals surface area (Å²) >= 11 is 6.84. The van der Waals surface area contributed by atoms with Crippen molar-refractivity contribution < 1.29 is 19.4 Å². The van der Waals surface area contributed by atoms with Crippen molar-refractivity contribution in [2.24, 2.45) is 30.7 Å². The zero-order chi connectivity index (χ0) is 27.3. The largest absolute Gasteiger partial charge is 0.445 e. The van der Waals surface area contributed by atoms with Crippen molar-refractivity contribution in [3.05, 3.63) is 46.6 Å². The SMILES string of the molecule is CN(c1c(Cl)c(C(=O)CC2C3CC4CC2CC(O)(C4)C3)nn1C)C1CCN(C(=O)OCc2ccccc2)CC1. The molecule has 2 heterocycles. The minimum atomic E-state index is -0.497. The number of aryl methyl sites for hydroxylation is 1. The van der Waals surface area contributed by atoms with Gasteiger partial charge in [-0.1, -0.05) is 41.9 Å². The highest BCUT2D eigenvalue weighted by Crippen LogP contribution is 2.59. The molecule has 2 unspecified atom stereocenters. The van der Waals surface area contributed by atoms with Gasteiger partial charge in [-0.05, 0) is 74.2 Å². The van der Waals surface area contributed by atoms with E-state index in [2.05, 4.69) is 10.00 Å². The first-order chi connectivity index (χ1) is 18.7. The van der Waals surface area contributed by atoms with Gasteiger partial charge in [-0.3, -0.25) is 9.48 Å². The van der Waals surface area contributed by atoms with Gasteiger partial charge < -0.3 is 19.6 Å². The third-order valence-electron chi connectivity index (χ3n) is 9.89. The molecule has 1 aliphatic heterocycles. The molecule has 2 atom stereocenters. The van der Waals surface area contributed by atoms with Gasteiger partial charge in [0.1, 0.15) is 23.1 Å². The minimum absolute atomic E-state index is 0.00990. The Morgan fingerprint density at radius 3 is 2.44 bits per heavy atom. The van der Waals surface area contributed by atoms with E-state index < -0.39 is 5.60 Å². The van der Waals surface area contributed by atoms with Crippen LogP contribution in [0.2, 0.25) is 5.02 Å². The second kappa shape index (κ2) is 10.4. The Labute approximate surface area is 235 Å². The molecule has 210 valence electrons. The van der Waals surface area contributed by atoms with Crippen LogP contribution in [0.1, 0.15) is 67.4 Å². The molecular formula is C30H39ClN4O4. The van der Waals surface area contributed by atoms with Crippen molar-refractivity contribution in [3.8, 4) is 0 Å². The Morgan fingerprint density at radius 1 is 1.13 bits per heavy atom. The second-order valence-electron chi connectivity index (χ2n) is 12.5. The van der Waals surface area contributed by atoms with E-state index in [1.165, 1.54) is 0 Å². The fraction of sp³-hybridized carbons (Fsp3) is 0.633. The highest BCUT2D eigenvalue weighted by molar-refractivity contribution is 6.36. The number of ketones is 1. The normalized spacial score (nSPS) is 30.0. The second-order valence-corrected chi connectivity index (χ2v) is 12.8. The first-order valence-electron chi connectivity index (χ1n) is 14.4. The maximum atomic E-state index is 13.5. The topological polar surface area (TPSA) is 87.9 Å². The van der Waals surface area contributed by atoms with Gasteiger partial charge >= 0.3 is 6.09 Å². The number of hydrogen-bond acceptors (Lipinski definition) is 6. The van der Waals surface area contributed by atoms with E-state index in [0.717, 1.165) is 56.3 Å². The third-order valence-corrected chi connectivity index (χ3v) is 10.2. The molecule has 1 N–H and O–H groups in total. The number of aliphatic hydroxyl groups is 1. The number of carbonyl (C=O) groups excluding carboxylic acids is 2. The van der Waals surface area contributed by atoms with Crippen LogP contribution in [0.3, 0.4) is 0 Å². The van der Waals surface area contributed by atoms with E-state index in [0.29, 0.717) is 53.9 Å². The van der Waals surface area contributed by atoms with E-state index in [9.17, 15) is 14.7 Å². The molecule has 0 radical (unpaired) electrons. The number of Topliss-reactive ketones (excluding diaryl/α,β-unsaturated/α-hetero) is 1. The number of rotatable bonds is 7. The van der Waals surface area contributed by atoms with E-state index in [1.807, 2.05) is 44.4 Å². The lowest BCUT2D eigenvalue weighted by Crippen LogP contribution is -2.54. The van der Waals surface area contributed by atoms with Crippen LogP contribution < -0.4 is 4.90 Å². The summed E-state index contributed by atoms with van der Waals surface area (Å²) in [6, 6.07) is 9.86. The van der Waals surface area contributed by atoms with Crippen LogP contribution >= 0.6 is 11.6 Å². The van der Waals surface area contributed by atoms with Gasteiger partial charge in [0.05, 0.1) is 5.60 Å². The number of amides is 1. The van der Waals surface area contributed by atoms with Crippen LogP contribution in [-0.4, -0.2) is 63.4 Å². The standard InChI is InChI=1S/C30H39ClN4O4/c1-33(23-8-10-35(11-9-23)29(37)39-18-19-6-4-3-5-7-19)28-26(31)27(32-34(28)2)25(36)14-24-21-12-20-13-22(24)17-30(38,15-20)16-21/h3-7,20-24,38H,8-18H2,1-2H3. The van der Waals surface area contributed by atoms with Gasteiger partial charge in [0.2, 0.25) is 0 Å². The van der Waals surface area contributed by atoms with Crippen LogP contribution in [-0.2, 0) is 18.4 Å². The van der Waals surface area contributed by atoms with Crippen molar-refractivity contribution in [2.75, 3.05) is 25.0 Å². The van der Waals surface area contributed by atoms with Crippen molar-refractivity contribution in [3.63, 3.8) is 0 Å². The van der Waals surface area contributed by atoms with Crippen LogP contribution in [0.25, 0.3) is 0 Å². The number of likely N-dealkylation sites (tertiary alicyclic amines) is 1. The van der Waals surface area contributed by atoms with Gasteiger partial charge in [0.15, 0.2) is 5.78 Å². The number of ether oxygens (including phenoxy) is 1. The van der Waals surface area contributed by atoms with Crippen molar-refractivity contribution in [1.82, 2.24) is 14.7 Å². The first-order valence-corrected chi connectivity index (χ1v) is 14.7. The van der Waals surface area contributed by atoms with E-state index >= 15 is 0 Å². The zero-order valence-electron chi connectivity index (χ0n) is 22.9. The quantitative estimate of drug-likeness (QED) is 0.481. The molecule has 1 amide bonds. The summed E-state index contributed by atoms with van der Waals surface area (Å²) in [6.07, 6.45) is 6.61. The van der Waals surface area contributed by atoms with E-state index in [4.69, 9.17) is 16.3 Å². The van der Waals surface area contributed by atoms with Crippen LogP contribution in [0.5, 0.6) is 0 Å². The number of hydrogen-bond donors (Lipinski definition) is 1. The average molecular weight is 555 g/mol. The Morgan fingerprint density at radius 2 is 1.79 bits per heavy atom. The Hall–Kier alpha value is -2.58. The Kier molecular flexibility index (Phi) is 7.12. The van der Waals surface area contributed by atoms with Crippen molar-refractivity contribution in [1.29, 1.82) is 0 Å². The molecule has 1 aromatic carbocycles. The predicted octanol–water partition coefficient (Wildman–Crippen LogP) is 5.07. The molecule has 4 saturated carbocycles. The molecule has 5 fully saturated rings. The molecular weight excluding hydrogens is 516 g/mol. The smallest absolute Gasteiger partial charge is 0.410 e. The number of aromatic nitrogens is 2. The highest BCUT2D eigenvalue weighted by atomic mass is 35.5. The minimum Gasteiger partial charge on any atom is -0.445 e. The highest BCUT2D eigenvalue weighted by Gasteiger charge is 2.55. The molecule has 1 saturated heterocycles. The molecule has 4 aliphatic carbocycles. The summed E-state index contributed by atoms with van der Waals surface area (Å²) in [5.41, 5.74) is 0.829. The first kappa shape index (κ1) is 26.6. The van der Waals surface area contributed by atoms with Crippen LogP contribution in [0.15, 0.2) is 30.3 Å². The summed E-state index contributed by atoms with van der Waals surface area (Å²) in [4.78, 5) is 29.9. The molecule has 8 nitrogen and oxygen atoms in total. The van der Waals surface area contributed by atoms with Crippen LogP contribution in [0, 0.1) is 23.7 Å². The van der Waals surface area contributed by atoms with Crippen molar-refractivity contribution in [2.45, 2.75) is 69.6 Å². The van der Waals surface area contributed by atoms with Gasteiger partial charge in [0, 0.05) is 39.6 Å². The Balaban J connectivity index is 1.06. The molecule has 4 bridgehead atoms. The van der Waals surface area contributed by atoms with E-state index in [-0.39, 0.29) is 24.5 Å². The predicted molar refractivity (Wildman–Crippen MR) is 149 cm³/mol. The average Bonchev–Trinajstić information content (AvgIpc) is 3.22. The molecule has 9 heteroatoms. The monoisotopic (exact) mass is 554 g/mol. The lowest BCUT2D eigenvalue weighted by atomic mass is 9.49. The zero-order valence-corrected chi connectivity index (χ0v) is 23.6. The van der Waals surface area contributed by atoms with Gasteiger partial charge in [0.25, 0.3) is 0 Å². The van der Waals surface area contributed by atoms with Crippen molar-refractivity contribution >= 4 is 29.3 Å². The number of carbonyl (C=O) groups is 2. The fourth-order valence-electron chi connectivity index (χ4n) is 8.20. The summed E-state index contributed by atoms with van der Waals surface area (Å²) in [7, 11) is 3.83. The number of anilines is 1. The summed E-state index contributed by atoms with van der Waals surface area (Å²) in [6.45, 7) is 1.47. The molecule has 0 spiro atoms. The molecule has 5 aliphatic rings. The van der Waals surface area contributed by atoms with Gasteiger partial charge in [-0.25, -0.2) is 4.79 Å². The summed E-state index contributed by atoms with van der Waals surface area (Å²) < 4.78 is 7.22. The van der Waals surface area contributed by atoms with E-state index in [1.54, 1.807) is 9.58 Å². The fourth-order valence-corrected chi connectivity index (χ4v) is 8.60. The maximum Gasteiger partial charge on any atom is 0.410 e. The molecule has 1 aromatic heterocycles. The number of piperidine rings is 1. The summed E-state index contributed by atoms with van der Waals surface area (Å²) in [5.74, 6) is 2.55. The van der Waals surface area contributed by atoms with Crippen LogP contribution in [0.4, 0.5) is 10.6 Å². The number of benzene rings is 1. The lowest BCUT2D eigenvalue weighted by molar-refractivity contribution is -0.151. The Bertz CT molecular complexity index is 1210. The maximum absolute atomic E-state index is 13.5. The lowest BCUT2D eigenvalue weighted by Gasteiger charge is -2.58. The number of nitrogens with zero attached hydrogens (tertiary/aromatic N) is 4. The third kappa shape index (κ3) is 5.18. The van der Waals surface area contributed by atoms with Gasteiger partial charge in [-0.15, -0.1) is 0 Å². The molecule has 2 aromatic rings. The number of halogens is 1. The van der Waals surface area contributed by atoms with Gasteiger partial charge in [-0.2, -0.15) is 5.10 Å². The molecule has 39 heavy (non-hydrogen) atoms. The molecule has 7 rings (SSSR count).